The third-order valence-corrected chi connectivity index (χ3v) is 3.71. The second-order valence-electron chi connectivity index (χ2n) is 5.28. The SMILES string of the molecule is COc1cccc(-c2ccc(CNC3CC3)c(F)c2)c1F. The zero-order valence-corrected chi connectivity index (χ0v) is 11.8. The van der Waals surface area contributed by atoms with E-state index in [1.165, 1.54) is 13.2 Å². The molecule has 2 aromatic rings. The number of benzene rings is 2. The van der Waals surface area contributed by atoms with Crippen LogP contribution in [0.5, 0.6) is 5.75 Å². The summed E-state index contributed by atoms with van der Waals surface area (Å²) in [6, 6.07) is 10.2. The second-order valence-corrected chi connectivity index (χ2v) is 5.28. The average molecular weight is 289 g/mol. The molecule has 1 aliphatic rings. The van der Waals surface area contributed by atoms with Crippen molar-refractivity contribution in [3.63, 3.8) is 0 Å². The Labute approximate surface area is 122 Å². The molecule has 0 saturated heterocycles. The van der Waals surface area contributed by atoms with E-state index in [0.717, 1.165) is 12.8 Å². The van der Waals surface area contributed by atoms with Crippen molar-refractivity contribution in [2.45, 2.75) is 25.4 Å². The molecule has 0 aromatic heterocycles. The summed E-state index contributed by atoms with van der Waals surface area (Å²) in [5.74, 6) is -0.626. The van der Waals surface area contributed by atoms with Crippen LogP contribution in [0.3, 0.4) is 0 Å². The molecule has 0 spiro atoms. The molecule has 0 unspecified atom stereocenters. The van der Waals surface area contributed by atoms with E-state index in [4.69, 9.17) is 4.74 Å². The Balaban J connectivity index is 1.87. The number of hydrogen-bond donors (Lipinski definition) is 1. The minimum absolute atomic E-state index is 0.160. The van der Waals surface area contributed by atoms with E-state index in [-0.39, 0.29) is 11.6 Å². The van der Waals surface area contributed by atoms with Crippen molar-refractivity contribution in [3.8, 4) is 16.9 Å². The van der Waals surface area contributed by atoms with Crippen LogP contribution in [0, 0.1) is 11.6 Å². The Kier molecular flexibility index (Phi) is 3.88. The Bertz CT molecular complexity index is 653. The normalized spacial score (nSPS) is 14.2. The molecule has 0 radical (unpaired) electrons. The standard InChI is InChI=1S/C17H17F2NO/c1-21-16-4-2-3-14(17(16)19)11-5-6-12(15(18)9-11)10-20-13-7-8-13/h2-6,9,13,20H,7-8,10H2,1H3. The van der Waals surface area contributed by atoms with Crippen molar-refractivity contribution in [2.24, 2.45) is 0 Å². The first-order chi connectivity index (χ1) is 10.2. The molecule has 4 heteroatoms. The minimum Gasteiger partial charge on any atom is -0.494 e. The zero-order chi connectivity index (χ0) is 14.8. The van der Waals surface area contributed by atoms with Crippen molar-refractivity contribution in [2.75, 3.05) is 7.11 Å². The van der Waals surface area contributed by atoms with Gasteiger partial charge < -0.3 is 10.1 Å². The van der Waals surface area contributed by atoms with E-state index >= 15 is 0 Å². The van der Waals surface area contributed by atoms with E-state index in [2.05, 4.69) is 5.32 Å². The monoisotopic (exact) mass is 289 g/mol. The highest BCUT2D eigenvalue weighted by Crippen LogP contribution is 2.30. The smallest absolute Gasteiger partial charge is 0.172 e. The van der Waals surface area contributed by atoms with E-state index in [1.807, 2.05) is 0 Å². The highest BCUT2D eigenvalue weighted by atomic mass is 19.1. The highest BCUT2D eigenvalue weighted by molar-refractivity contribution is 5.66. The number of halogens is 2. The quantitative estimate of drug-likeness (QED) is 0.901. The lowest BCUT2D eigenvalue weighted by Gasteiger charge is -2.10. The molecule has 1 saturated carbocycles. The summed E-state index contributed by atoms with van der Waals surface area (Å²) in [5.41, 5.74) is 1.46. The average Bonchev–Trinajstić information content (AvgIpc) is 3.30. The molecule has 21 heavy (non-hydrogen) atoms. The molecule has 1 fully saturated rings. The second kappa shape index (κ2) is 5.82. The fourth-order valence-corrected chi connectivity index (χ4v) is 2.29. The Morgan fingerprint density at radius 3 is 2.67 bits per heavy atom. The van der Waals surface area contributed by atoms with E-state index < -0.39 is 5.82 Å². The van der Waals surface area contributed by atoms with E-state index in [9.17, 15) is 8.78 Å². The Morgan fingerprint density at radius 2 is 2.00 bits per heavy atom. The Morgan fingerprint density at radius 1 is 1.19 bits per heavy atom. The molecule has 2 nitrogen and oxygen atoms in total. The van der Waals surface area contributed by atoms with Crippen LogP contribution in [0.15, 0.2) is 36.4 Å². The number of nitrogens with one attached hydrogen (secondary N) is 1. The van der Waals surface area contributed by atoms with Crippen LogP contribution in [-0.4, -0.2) is 13.2 Å². The number of rotatable bonds is 5. The lowest BCUT2D eigenvalue weighted by atomic mass is 10.0. The van der Waals surface area contributed by atoms with Crippen LogP contribution >= 0.6 is 0 Å². The van der Waals surface area contributed by atoms with Crippen molar-refractivity contribution < 1.29 is 13.5 Å². The molecule has 0 atom stereocenters. The van der Waals surface area contributed by atoms with Gasteiger partial charge in [-0.2, -0.15) is 0 Å². The van der Waals surface area contributed by atoms with Crippen molar-refractivity contribution in [1.29, 1.82) is 0 Å². The molecule has 0 heterocycles. The molecule has 110 valence electrons. The van der Waals surface area contributed by atoms with Gasteiger partial charge in [-0.3, -0.25) is 0 Å². The summed E-state index contributed by atoms with van der Waals surface area (Å²) in [5, 5.41) is 3.27. The molecular formula is C17H17F2NO. The van der Waals surface area contributed by atoms with Gasteiger partial charge in [-0.25, -0.2) is 8.78 Å². The van der Waals surface area contributed by atoms with Gasteiger partial charge in [0.15, 0.2) is 11.6 Å². The maximum atomic E-state index is 14.2. The van der Waals surface area contributed by atoms with Gasteiger partial charge in [0.05, 0.1) is 7.11 Å². The summed E-state index contributed by atoms with van der Waals surface area (Å²) >= 11 is 0. The molecular weight excluding hydrogens is 272 g/mol. The number of methoxy groups -OCH3 is 1. The predicted octanol–water partition coefficient (Wildman–Crippen LogP) is 3.89. The Hall–Kier alpha value is -1.94. The lowest BCUT2D eigenvalue weighted by Crippen LogP contribution is -2.16. The fraction of sp³-hybridized carbons (Fsp3) is 0.294. The van der Waals surface area contributed by atoms with Gasteiger partial charge in [0, 0.05) is 23.7 Å². The first-order valence-corrected chi connectivity index (χ1v) is 7.03. The predicted molar refractivity (Wildman–Crippen MR) is 78.2 cm³/mol. The van der Waals surface area contributed by atoms with Crippen LogP contribution in [-0.2, 0) is 6.54 Å². The number of ether oxygens (including phenoxy) is 1. The third-order valence-electron chi connectivity index (χ3n) is 3.71. The summed E-state index contributed by atoms with van der Waals surface area (Å²) in [6.07, 6.45) is 2.32. The van der Waals surface area contributed by atoms with Gasteiger partial charge in [-0.05, 0) is 30.5 Å². The lowest BCUT2D eigenvalue weighted by molar-refractivity contribution is 0.387. The summed E-state index contributed by atoms with van der Waals surface area (Å²) < 4.78 is 33.3. The number of hydrogen-bond acceptors (Lipinski definition) is 2. The van der Waals surface area contributed by atoms with Crippen LogP contribution in [0.25, 0.3) is 11.1 Å². The highest BCUT2D eigenvalue weighted by Gasteiger charge is 2.20. The maximum Gasteiger partial charge on any atom is 0.172 e. The zero-order valence-electron chi connectivity index (χ0n) is 11.8. The van der Waals surface area contributed by atoms with Crippen LogP contribution in [0.2, 0.25) is 0 Å². The fourth-order valence-electron chi connectivity index (χ4n) is 2.29. The molecule has 1 aliphatic carbocycles. The third kappa shape index (κ3) is 3.05. The van der Waals surface area contributed by atoms with Gasteiger partial charge in [-0.15, -0.1) is 0 Å². The largest absolute Gasteiger partial charge is 0.494 e. The van der Waals surface area contributed by atoms with Crippen molar-refractivity contribution >= 4 is 0 Å². The van der Waals surface area contributed by atoms with E-state index in [1.54, 1.807) is 30.3 Å². The molecule has 0 amide bonds. The van der Waals surface area contributed by atoms with Crippen molar-refractivity contribution in [1.82, 2.24) is 5.32 Å². The first-order valence-electron chi connectivity index (χ1n) is 7.03. The van der Waals surface area contributed by atoms with Crippen molar-refractivity contribution in [3.05, 3.63) is 53.6 Å². The summed E-state index contributed by atoms with van der Waals surface area (Å²) in [7, 11) is 1.41. The topological polar surface area (TPSA) is 21.3 Å². The van der Waals surface area contributed by atoms with Gasteiger partial charge in [0.1, 0.15) is 5.82 Å². The minimum atomic E-state index is -0.469. The van der Waals surface area contributed by atoms with Gasteiger partial charge >= 0.3 is 0 Å². The molecule has 2 aromatic carbocycles. The van der Waals surface area contributed by atoms with Crippen LogP contribution in [0.1, 0.15) is 18.4 Å². The van der Waals surface area contributed by atoms with Gasteiger partial charge in [-0.1, -0.05) is 24.3 Å². The van der Waals surface area contributed by atoms with E-state index in [0.29, 0.717) is 29.3 Å². The molecule has 3 rings (SSSR count). The molecule has 0 bridgehead atoms. The molecule has 1 N–H and O–H groups in total. The van der Waals surface area contributed by atoms with Crippen LogP contribution in [0.4, 0.5) is 8.78 Å². The van der Waals surface area contributed by atoms with Crippen LogP contribution < -0.4 is 10.1 Å². The summed E-state index contributed by atoms with van der Waals surface area (Å²) in [4.78, 5) is 0. The first kappa shape index (κ1) is 14.0. The van der Waals surface area contributed by atoms with Gasteiger partial charge in [0.2, 0.25) is 0 Å². The molecule has 0 aliphatic heterocycles. The van der Waals surface area contributed by atoms with Gasteiger partial charge in [0.25, 0.3) is 0 Å². The summed E-state index contributed by atoms with van der Waals surface area (Å²) in [6.45, 7) is 0.511. The maximum absolute atomic E-state index is 14.2.